The minimum atomic E-state index is -0.390. The highest BCUT2D eigenvalue weighted by Gasteiger charge is 2.47. The second-order valence-electron chi connectivity index (χ2n) is 5.95. The molecule has 2 aliphatic rings. The Hall–Kier alpha value is -2.18. The first-order valence-corrected chi connectivity index (χ1v) is 7.72. The van der Waals surface area contributed by atoms with Crippen LogP contribution in [0.2, 0.25) is 0 Å². The van der Waals surface area contributed by atoms with Gasteiger partial charge in [-0.3, -0.25) is 9.69 Å². The number of piperazine rings is 1. The Morgan fingerprint density at radius 1 is 1.32 bits per heavy atom. The number of hydrogen-bond acceptors (Lipinski definition) is 5. The van der Waals surface area contributed by atoms with Crippen molar-refractivity contribution in [2.45, 2.75) is 32.7 Å². The topological polar surface area (TPSA) is 69.6 Å². The first kappa shape index (κ1) is 14.7. The summed E-state index contributed by atoms with van der Waals surface area (Å²) in [7, 11) is 0. The lowest BCUT2D eigenvalue weighted by atomic mass is 10.2. The van der Waals surface area contributed by atoms with Gasteiger partial charge in [0.15, 0.2) is 0 Å². The molecule has 118 valence electrons. The summed E-state index contributed by atoms with van der Waals surface area (Å²) < 4.78 is 0. The Balaban J connectivity index is 1.81. The van der Waals surface area contributed by atoms with Crippen molar-refractivity contribution >= 4 is 17.8 Å². The number of likely N-dealkylation sites (N-methyl/N-ethyl adjacent to an activating group) is 1. The van der Waals surface area contributed by atoms with Crippen LogP contribution in [0.5, 0.6) is 0 Å². The van der Waals surface area contributed by atoms with E-state index in [1.165, 1.54) is 4.90 Å². The van der Waals surface area contributed by atoms with Crippen LogP contribution in [0, 0.1) is 0 Å². The van der Waals surface area contributed by atoms with Gasteiger partial charge < -0.3 is 9.80 Å². The molecule has 0 spiro atoms. The van der Waals surface area contributed by atoms with Crippen molar-refractivity contribution in [2.75, 3.05) is 31.1 Å². The molecular formula is C15H21N5O2. The molecule has 3 amide bonds. The summed E-state index contributed by atoms with van der Waals surface area (Å²) in [5.74, 6) is 1.78. The van der Waals surface area contributed by atoms with Gasteiger partial charge in [0, 0.05) is 38.3 Å². The van der Waals surface area contributed by atoms with E-state index in [2.05, 4.69) is 28.7 Å². The Bertz CT molecular complexity index is 603. The number of anilines is 1. The molecule has 22 heavy (non-hydrogen) atoms. The van der Waals surface area contributed by atoms with Crippen LogP contribution in [0.4, 0.5) is 10.6 Å². The van der Waals surface area contributed by atoms with Crippen LogP contribution >= 0.6 is 0 Å². The van der Waals surface area contributed by atoms with Crippen molar-refractivity contribution in [1.82, 2.24) is 19.8 Å². The Morgan fingerprint density at radius 3 is 2.77 bits per heavy atom. The summed E-state index contributed by atoms with van der Waals surface area (Å²) in [6.45, 7) is 8.08. The zero-order valence-corrected chi connectivity index (χ0v) is 13.2. The average Bonchev–Trinajstić information content (AvgIpc) is 2.78. The number of carbonyl (C=O) groups is 2. The van der Waals surface area contributed by atoms with Gasteiger partial charge in [-0.15, -0.1) is 0 Å². The highest BCUT2D eigenvalue weighted by Crippen LogP contribution is 2.25. The smallest absolute Gasteiger partial charge is 0.327 e. The molecule has 7 heteroatoms. The van der Waals surface area contributed by atoms with E-state index in [4.69, 9.17) is 0 Å². The van der Waals surface area contributed by atoms with Crippen molar-refractivity contribution < 1.29 is 9.59 Å². The second-order valence-corrected chi connectivity index (χ2v) is 5.95. The standard InChI is InChI=1S/C15H21N5O2/c1-4-19-14(21)11-9-18(7-8-20(11)15(19)22)12-5-6-16-13(17-12)10(2)3/h5-6,10-11H,4,7-9H2,1-3H3. The molecular weight excluding hydrogens is 282 g/mol. The van der Waals surface area contributed by atoms with Crippen LogP contribution in [-0.4, -0.2) is 63.9 Å². The number of amides is 3. The van der Waals surface area contributed by atoms with Crippen molar-refractivity contribution in [3.05, 3.63) is 18.1 Å². The van der Waals surface area contributed by atoms with Crippen molar-refractivity contribution in [3.63, 3.8) is 0 Å². The molecule has 3 rings (SSSR count). The van der Waals surface area contributed by atoms with Crippen LogP contribution in [-0.2, 0) is 4.79 Å². The number of rotatable bonds is 3. The predicted octanol–water partition coefficient (Wildman–Crippen LogP) is 1.07. The van der Waals surface area contributed by atoms with Crippen LogP contribution in [0.1, 0.15) is 32.5 Å². The minimum absolute atomic E-state index is 0.102. The van der Waals surface area contributed by atoms with E-state index in [9.17, 15) is 9.59 Å². The van der Waals surface area contributed by atoms with Gasteiger partial charge in [-0.1, -0.05) is 13.8 Å². The fourth-order valence-corrected chi connectivity index (χ4v) is 2.97. The first-order chi connectivity index (χ1) is 10.5. The number of carbonyl (C=O) groups excluding carboxylic acids is 2. The maximum absolute atomic E-state index is 12.3. The zero-order chi connectivity index (χ0) is 15.9. The third-order valence-corrected chi connectivity index (χ3v) is 4.22. The van der Waals surface area contributed by atoms with Gasteiger partial charge in [0.05, 0.1) is 0 Å². The van der Waals surface area contributed by atoms with E-state index in [1.807, 2.05) is 13.0 Å². The Morgan fingerprint density at radius 2 is 2.09 bits per heavy atom. The van der Waals surface area contributed by atoms with Crippen LogP contribution < -0.4 is 4.90 Å². The fraction of sp³-hybridized carbons (Fsp3) is 0.600. The fourth-order valence-electron chi connectivity index (χ4n) is 2.97. The summed E-state index contributed by atoms with van der Waals surface area (Å²) >= 11 is 0. The quantitative estimate of drug-likeness (QED) is 0.781. The molecule has 0 saturated carbocycles. The highest BCUT2D eigenvalue weighted by atomic mass is 16.2. The molecule has 0 bridgehead atoms. The zero-order valence-electron chi connectivity index (χ0n) is 13.2. The molecule has 2 saturated heterocycles. The third-order valence-electron chi connectivity index (χ3n) is 4.22. The number of fused-ring (bicyclic) bond motifs is 1. The SMILES string of the molecule is CCN1C(=O)C2CN(c3ccnc(C(C)C)n3)CCN2C1=O. The van der Waals surface area contributed by atoms with E-state index in [1.54, 1.807) is 11.1 Å². The number of aromatic nitrogens is 2. The molecule has 1 aromatic rings. The molecule has 3 heterocycles. The van der Waals surface area contributed by atoms with Crippen molar-refractivity contribution in [3.8, 4) is 0 Å². The molecule has 7 nitrogen and oxygen atoms in total. The number of nitrogens with zero attached hydrogens (tertiary/aromatic N) is 5. The maximum Gasteiger partial charge on any atom is 0.327 e. The number of hydrogen-bond donors (Lipinski definition) is 0. The minimum Gasteiger partial charge on any atom is -0.352 e. The van der Waals surface area contributed by atoms with E-state index in [0.29, 0.717) is 26.2 Å². The van der Waals surface area contributed by atoms with E-state index in [0.717, 1.165) is 11.6 Å². The summed E-state index contributed by atoms with van der Waals surface area (Å²) in [6.07, 6.45) is 1.75. The molecule has 0 N–H and O–H groups in total. The van der Waals surface area contributed by atoms with E-state index < -0.39 is 6.04 Å². The summed E-state index contributed by atoms with van der Waals surface area (Å²) in [4.78, 5) is 38.4. The molecule has 2 fully saturated rings. The van der Waals surface area contributed by atoms with Crippen LogP contribution in [0.15, 0.2) is 12.3 Å². The van der Waals surface area contributed by atoms with Gasteiger partial charge in [-0.25, -0.2) is 14.8 Å². The molecule has 2 aliphatic heterocycles. The summed E-state index contributed by atoms with van der Waals surface area (Å²) in [5, 5.41) is 0. The lowest BCUT2D eigenvalue weighted by molar-refractivity contribution is -0.128. The lowest BCUT2D eigenvalue weighted by Gasteiger charge is -2.36. The predicted molar refractivity (Wildman–Crippen MR) is 81.6 cm³/mol. The molecule has 0 radical (unpaired) electrons. The molecule has 0 aromatic carbocycles. The van der Waals surface area contributed by atoms with E-state index in [-0.39, 0.29) is 17.9 Å². The first-order valence-electron chi connectivity index (χ1n) is 7.72. The number of imide groups is 1. The van der Waals surface area contributed by atoms with Crippen LogP contribution in [0.25, 0.3) is 0 Å². The monoisotopic (exact) mass is 303 g/mol. The summed E-state index contributed by atoms with van der Waals surface area (Å²) in [5.41, 5.74) is 0. The molecule has 1 atom stereocenters. The molecule has 0 aliphatic carbocycles. The largest absolute Gasteiger partial charge is 0.352 e. The van der Waals surface area contributed by atoms with Gasteiger partial charge in [-0.2, -0.15) is 0 Å². The van der Waals surface area contributed by atoms with Gasteiger partial charge >= 0.3 is 6.03 Å². The molecule has 1 aromatic heterocycles. The summed E-state index contributed by atoms with van der Waals surface area (Å²) in [6, 6.07) is 1.31. The maximum atomic E-state index is 12.3. The lowest BCUT2D eigenvalue weighted by Crippen LogP contribution is -2.53. The Labute approximate surface area is 129 Å². The highest BCUT2D eigenvalue weighted by molar-refractivity contribution is 6.04. The molecule has 1 unspecified atom stereocenters. The number of urea groups is 1. The van der Waals surface area contributed by atoms with Crippen LogP contribution in [0.3, 0.4) is 0 Å². The van der Waals surface area contributed by atoms with Gasteiger partial charge in [0.2, 0.25) is 0 Å². The normalized spacial score (nSPS) is 21.8. The third kappa shape index (κ3) is 2.30. The van der Waals surface area contributed by atoms with Gasteiger partial charge in [-0.05, 0) is 13.0 Å². The average molecular weight is 303 g/mol. The Kier molecular flexibility index (Phi) is 3.72. The second kappa shape index (κ2) is 5.55. The van der Waals surface area contributed by atoms with Crippen molar-refractivity contribution in [1.29, 1.82) is 0 Å². The van der Waals surface area contributed by atoms with Gasteiger partial charge in [0.1, 0.15) is 17.7 Å². The van der Waals surface area contributed by atoms with Gasteiger partial charge in [0.25, 0.3) is 5.91 Å². The van der Waals surface area contributed by atoms with Crippen molar-refractivity contribution in [2.24, 2.45) is 0 Å². The van der Waals surface area contributed by atoms with E-state index >= 15 is 0 Å².